The fraction of sp³-hybridized carbons (Fsp3) is 0.0625. The van der Waals surface area contributed by atoms with Crippen molar-refractivity contribution in [2.24, 2.45) is 0 Å². The summed E-state index contributed by atoms with van der Waals surface area (Å²) in [5.74, 6) is -0.0879. The lowest BCUT2D eigenvalue weighted by Crippen LogP contribution is -2.21. The zero-order chi connectivity index (χ0) is 13.9. The third-order valence-corrected chi connectivity index (χ3v) is 4.29. The van der Waals surface area contributed by atoms with Crippen LogP contribution < -0.4 is 5.32 Å². The van der Waals surface area contributed by atoms with Crippen molar-refractivity contribution in [2.45, 2.75) is 6.54 Å². The van der Waals surface area contributed by atoms with Gasteiger partial charge in [0.2, 0.25) is 0 Å². The molecule has 0 aliphatic carbocycles. The number of carbonyl (C=O) groups is 1. The van der Waals surface area contributed by atoms with Crippen molar-refractivity contribution in [3.8, 4) is 0 Å². The highest BCUT2D eigenvalue weighted by molar-refractivity contribution is 7.17. The summed E-state index contributed by atoms with van der Waals surface area (Å²) in [6, 6.07) is 17.8. The predicted octanol–water partition coefficient (Wildman–Crippen LogP) is 4.48. The lowest BCUT2D eigenvalue weighted by Gasteiger charge is -2.05. The third-order valence-electron chi connectivity index (χ3n) is 3.06. The molecule has 0 radical (unpaired) electrons. The van der Waals surface area contributed by atoms with Crippen LogP contribution in [-0.2, 0) is 6.54 Å². The van der Waals surface area contributed by atoms with E-state index in [1.165, 1.54) is 22.1 Å². The molecule has 1 amide bonds. The molecule has 0 aliphatic heterocycles. The SMILES string of the molecule is O=C(NCc1ccc2ccccc2c1)c1ccc(Cl)s1. The van der Waals surface area contributed by atoms with Gasteiger partial charge in [0.1, 0.15) is 0 Å². The standard InChI is InChI=1S/C16H12ClNOS/c17-15-8-7-14(20-15)16(19)18-10-11-5-6-12-3-1-2-4-13(12)9-11/h1-9H,10H2,(H,18,19). The molecule has 20 heavy (non-hydrogen) atoms. The average Bonchev–Trinajstić information content (AvgIpc) is 2.91. The molecule has 1 N–H and O–H groups in total. The van der Waals surface area contributed by atoms with Crippen molar-refractivity contribution < 1.29 is 4.79 Å². The van der Waals surface area contributed by atoms with Gasteiger partial charge in [0.15, 0.2) is 0 Å². The molecule has 0 spiro atoms. The zero-order valence-corrected chi connectivity index (χ0v) is 12.2. The van der Waals surface area contributed by atoms with E-state index in [-0.39, 0.29) is 5.91 Å². The van der Waals surface area contributed by atoms with Gasteiger partial charge in [-0.15, -0.1) is 11.3 Å². The van der Waals surface area contributed by atoms with E-state index in [4.69, 9.17) is 11.6 Å². The highest BCUT2D eigenvalue weighted by atomic mass is 35.5. The Kier molecular flexibility index (Phi) is 3.72. The van der Waals surface area contributed by atoms with E-state index in [2.05, 4.69) is 29.6 Å². The fourth-order valence-electron chi connectivity index (χ4n) is 2.05. The number of rotatable bonds is 3. The second kappa shape index (κ2) is 5.65. The molecule has 0 saturated heterocycles. The van der Waals surface area contributed by atoms with Crippen molar-refractivity contribution >= 4 is 39.6 Å². The van der Waals surface area contributed by atoms with E-state index >= 15 is 0 Å². The third kappa shape index (κ3) is 2.84. The highest BCUT2D eigenvalue weighted by Gasteiger charge is 2.08. The van der Waals surface area contributed by atoms with Gasteiger partial charge in [-0.05, 0) is 34.5 Å². The Bertz CT molecular complexity index is 766. The Balaban J connectivity index is 1.72. The second-order valence-corrected chi connectivity index (χ2v) is 6.18. The predicted molar refractivity (Wildman–Crippen MR) is 84.4 cm³/mol. The molecular formula is C16H12ClNOS. The number of hydrogen-bond acceptors (Lipinski definition) is 2. The Morgan fingerprint density at radius 3 is 2.60 bits per heavy atom. The topological polar surface area (TPSA) is 29.1 Å². The fourth-order valence-corrected chi connectivity index (χ4v) is 3.01. The van der Waals surface area contributed by atoms with E-state index < -0.39 is 0 Å². The minimum absolute atomic E-state index is 0.0879. The Hall–Kier alpha value is -1.84. The van der Waals surface area contributed by atoms with Crippen LogP contribution in [0.4, 0.5) is 0 Å². The number of nitrogens with one attached hydrogen (secondary N) is 1. The van der Waals surface area contributed by atoms with Gasteiger partial charge in [-0.1, -0.05) is 48.0 Å². The van der Waals surface area contributed by atoms with Crippen LogP contribution in [0.2, 0.25) is 4.34 Å². The van der Waals surface area contributed by atoms with Crippen LogP contribution >= 0.6 is 22.9 Å². The van der Waals surface area contributed by atoms with E-state index in [0.717, 1.165) is 5.56 Å². The summed E-state index contributed by atoms with van der Waals surface area (Å²) in [5.41, 5.74) is 1.08. The zero-order valence-electron chi connectivity index (χ0n) is 10.6. The first-order chi connectivity index (χ1) is 9.72. The monoisotopic (exact) mass is 301 g/mol. The van der Waals surface area contributed by atoms with Gasteiger partial charge in [-0.2, -0.15) is 0 Å². The molecule has 0 fully saturated rings. The number of thiophene rings is 1. The van der Waals surface area contributed by atoms with Crippen LogP contribution in [0.3, 0.4) is 0 Å². The van der Waals surface area contributed by atoms with E-state index in [1.807, 2.05) is 18.2 Å². The molecule has 0 atom stereocenters. The molecular weight excluding hydrogens is 290 g/mol. The number of halogens is 1. The first kappa shape index (κ1) is 13.2. The normalized spacial score (nSPS) is 10.7. The molecule has 0 aliphatic rings. The van der Waals surface area contributed by atoms with E-state index in [9.17, 15) is 4.79 Å². The molecule has 3 rings (SSSR count). The molecule has 100 valence electrons. The number of benzene rings is 2. The van der Waals surface area contributed by atoms with E-state index in [1.54, 1.807) is 12.1 Å². The summed E-state index contributed by atoms with van der Waals surface area (Å²) in [6.07, 6.45) is 0. The molecule has 0 unspecified atom stereocenters. The van der Waals surface area contributed by atoms with Crippen molar-refractivity contribution in [1.29, 1.82) is 0 Å². The smallest absolute Gasteiger partial charge is 0.261 e. The minimum atomic E-state index is -0.0879. The number of amides is 1. The lowest BCUT2D eigenvalue weighted by atomic mass is 10.1. The molecule has 0 saturated carbocycles. The van der Waals surface area contributed by atoms with Crippen molar-refractivity contribution in [1.82, 2.24) is 5.32 Å². The molecule has 2 nitrogen and oxygen atoms in total. The average molecular weight is 302 g/mol. The number of hydrogen-bond donors (Lipinski definition) is 1. The van der Waals surface area contributed by atoms with Gasteiger partial charge in [0.05, 0.1) is 9.21 Å². The summed E-state index contributed by atoms with van der Waals surface area (Å²) in [7, 11) is 0. The van der Waals surface area contributed by atoms with Crippen LogP contribution in [0, 0.1) is 0 Å². The molecule has 2 aromatic carbocycles. The Labute approximate surface area is 126 Å². The summed E-state index contributed by atoms with van der Waals surface area (Å²) < 4.78 is 0.626. The molecule has 0 bridgehead atoms. The van der Waals surface area contributed by atoms with Crippen molar-refractivity contribution in [3.63, 3.8) is 0 Å². The lowest BCUT2D eigenvalue weighted by molar-refractivity contribution is 0.0955. The molecule has 1 heterocycles. The number of fused-ring (bicyclic) bond motifs is 1. The quantitative estimate of drug-likeness (QED) is 0.759. The summed E-state index contributed by atoms with van der Waals surface area (Å²) >= 11 is 7.11. The largest absolute Gasteiger partial charge is 0.347 e. The Morgan fingerprint density at radius 1 is 1.05 bits per heavy atom. The maximum absolute atomic E-state index is 11.9. The van der Waals surface area contributed by atoms with Crippen molar-refractivity contribution in [3.05, 3.63) is 69.4 Å². The maximum atomic E-state index is 11.9. The molecule has 1 aromatic heterocycles. The van der Waals surface area contributed by atoms with Crippen LogP contribution in [-0.4, -0.2) is 5.91 Å². The van der Waals surface area contributed by atoms with Gasteiger partial charge in [0, 0.05) is 6.54 Å². The molecule has 3 aromatic rings. The summed E-state index contributed by atoms with van der Waals surface area (Å²) in [5, 5.41) is 5.29. The summed E-state index contributed by atoms with van der Waals surface area (Å²) in [4.78, 5) is 12.6. The van der Waals surface area contributed by atoms with Gasteiger partial charge in [-0.25, -0.2) is 0 Å². The van der Waals surface area contributed by atoms with Gasteiger partial charge in [-0.3, -0.25) is 4.79 Å². The Morgan fingerprint density at radius 2 is 1.85 bits per heavy atom. The first-order valence-electron chi connectivity index (χ1n) is 6.23. The van der Waals surface area contributed by atoms with Crippen LogP contribution in [0.25, 0.3) is 10.8 Å². The first-order valence-corrected chi connectivity index (χ1v) is 7.43. The van der Waals surface area contributed by atoms with E-state index in [0.29, 0.717) is 15.8 Å². The van der Waals surface area contributed by atoms with Crippen LogP contribution in [0.5, 0.6) is 0 Å². The summed E-state index contributed by atoms with van der Waals surface area (Å²) in [6.45, 7) is 0.513. The van der Waals surface area contributed by atoms with Crippen LogP contribution in [0.1, 0.15) is 15.2 Å². The van der Waals surface area contributed by atoms with Crippen molar-refractivity contribution in [2.75, 3.05) is 0 Å². The molecule has 4 heteroatoms. The van der Waals surface area contributed by atoms with Gasteiger partial charge < -0.3 is 5.32 Å². The number of carbonyl (C=O) groups excluding carboxylic acids is 1. The van der Waals surface area contributed by atoms with Gasteiger partial charge >= 0.3 is 0 Å². The van der Waals surface area contributed by atoms with Gasteiger partial charge in [0.25, 0.3) is 5.91 Å². The second-order valence-electron chi connectivity index (χ2n) is 4.47. The highest BCUT2D eigenvalue weighted by Crippen LogP contribution is 2.21. The maximum Gasteiger partial charge on any atom is 0.261 e. The minimum Gasteiger partial charge on any atom is -0.347 e. The van der Waals surface area contributed by atoms with Crippen LogP contribution in [0.15, 0.2) is 54.6 Å².